The molecule has 0 aliphatic rings. The first-order valence-electron chi connectivity index (χ1n) is 9.76. The quantitative estimate of drug-likeness (QED) is 0.345. The predicted octanol–water partition coefficient (Wildman–Crippen LogP) is 6.25. The SMILES string of the molecule is Cn1c2ccccc2c2cc(-c3csc(NC(=O)/C=C/c4ccc(F)cc4)n3)ccc21. The molecule has 0 spiro atoms. The molecule has 6 heteroatoms. The predicted molar refractivity (Wildman–Crippen MR) is 126 cm³/mol. The number of rotatable bonds is 4. The minimum atomic E-state index is -0.307. The molecule has 2 aromatic heterocycles. The molecule has 0 unspecified atom stereocenters. The van der Waals surface area contributed by atoms with Gasteiger partial charge in [0.15, 0.2) is 5.13 Å². The Morgan fingerprint density at radius 2 is 1.81 bits per heavy atom. The molecule has 0 radical (unpaired) electrons. The van der Waals surface area contributed by atoms with Crippen LogP contribution >= 0.6 is 11.3 Å². The monoisotopic (exact) mass is 427 g/mol. The molecule has 1 N–H and O–H groups in total. The van der Waals surface area contributed by atoms with E-state index >= 15 is 0 Å². The van der Waals surface area contributed by atoms with Gasteiger partial charge in [0.25, 0.3) is 0 Å². The summed E-state index contributed by atoms with van der Waals surface area (Å²) in [5, 5.41) is 7.64. The maximum Gasteiger partial charge on any atom is 0.250 e. The van der Waals surface area contributed by atoms with Gasteiger partial charge in [-0.15, -0.1) is 11.3 Å². The average Bonchev–Trinajstić information content (AvgIpc) is 3.36. The van der Waals surface area contributed by atoms with Crippen LogP contribution in [0.2, 0.25) is 0 Å². The Hall–Kier alpha value is -3.77. The minimum Gasteiger partial charge on any atom is -0.344 e. The second-order valence-corrected chi connectivity index (χ2v) is 8.08. The highest BCUT2D eigenvalue weighted by molar-refractivity contribution is 7.14. The zero-order valence-corrected chi connectivity index (χ0v) is 17.5. The summed E-state index contributed by atoms with van der Waals surface area (Å²) in [7, 11) is 2.07. The summed E-state index contributed by atoms with van der Waals surface area (Å²) in [5.41, 5.74) is 4.92. The molecule has 0 fully saturated rings. The molecule has 31 heavy (non-hydrogen) atoms. The number of aromatic nitrogens is 2. The maximum atomic E-state index is 13.0. The summed E-state index contributed by atoms with van der Waals surface area (Å²) in [4.78, 5) is 16.8. The molecule has 0 aliphatic carbocycles. The number of fused-ring (bicyclic) bond motifs is 3. The van der Waals surface area contributed by atoms with Crippen LogP contribution in [-0.4, -0.2) is 15.5 Å². The number of para-hydroxylation sites is 1. The van der Waals surface area contributed by atoms with Crippen molar-refractivity contribution in [2.45, 2.75) is 0 Å². The molecular weight excluding hydrogens is 409 g/mol. The number of hydrogen-bond donors (Lipinski definition) is 1. The summed E-state index contributed by atoms with van der Waals surface area (Å²) in [6.07, 6.45) is 3.05. The van der Waals surface area contributed by atoms with Gasteiger partial charge in [0.05, 0.1) is 5.69 Å². The highest BCUT2D eigenvalue weighted by atomic mass is 32.1. The number of nitrogens with zero attached hydrogens (tertiary/aromatic N) is 2. The molecule has 0 aliphatic heterocycles. The van der Waals surface area contributed by atoms with E-state index in [2.05, 4.69) is 52.2 Å². The van der Waals surface area contributed by atoms with Crippen LogP contribution < -0.4 is 5.32 Å². The molecule has 0 atom stereocenters. The van der Waals surface area contributed by atoms with Gasteiger partial charge in [0, 0.05) is 45.9 Å². The molecule has 0 saturated heterocycles. The fourth-order valence-electron chi connectivity index (χ4n) is 3.68. The first-order chi connectivity index (χ1) is 15.1. The summed E-state index contributed by atoms with van der Waals surface area (Å²) in [6, 6.07) is 20.6. The maximum absolute atomic E-state index is 13.0. The van der Waals surface area contributed by atoms with E-state index in [0.717, 1.165) is 16.8 Å². The van der Waals surface area contributed by atoms with Crippen LogP contribution in [0.4, 0.5) is 9.52 Å². The van der Waals surface area contributed by atoms with Gasteiger partial charge in [0.1, 0.15) is 5.82 Å². The van der Waals surface area contributed by atoms with Crippen LogP contribution in [0.25, 0.3) is 39.1 Å². The number of carbonyl (C=O) groups excluding carboxylic acids is 1. The Labute approximate surface area is 182 Å². The van der Waals surface area contributed by atoms with Crippen molar-refractivity contribution < 1.29 is 9.18 Å². The number of hydrogen-bond acceptors (Lipinski definition) is 3. The standard InChI is InChI=1S/C25H18FN3OS/c1-29-22-5-3-2-4-19(22)20-14-17(9-12-23(20)29)21-15-31-25(27-21)28-24(30)13-8-16-6-10-18(26)11-7-16/h2-15H,1H3,(H,27,28,30)/b13-8+. The third kappa shape index (κ3) is 3.73. The number of halogens is 1. The van der Waals surface area contributed by atoms with Gasteiger partial charge >= 0.3 is 0 Å². The molecule has 2 heterocycles. The molecular formula is C25H18FN3OS. The number of aryl methyl sites for hydroxylation is 1. The summed E-state index contributed by atoms with van der Waals surface area (Å²) in [5.74, 6) is -0.590. The van der Waals surface area contributed by atoms with Gasteiger partial charge in [-0.3, -0.25) is 10.1 Å². The van der Waals surface area contributed by atoms with E-state index in [0.29, 0.717) is 5.13 Å². The van der Waals surface area contributed by atoms with E-state index in [9.17, 15) is 9.18 Å². The lowest BCUT2D eigenvalue weighted by molar-refractivity contribution is -0.111. The Bertz CT molecular complexity index is 1450. The molecule has 1 amide bonds. The highest BCUT2D eigenvalue weighted by Gasteiger charge is 2.11. The van der Waals surface area contributed by atoms with Crippen LogP contribution in [0, 0.1) is 5.82 Å². The fraction of sp³-hybridized carbons (Fsp3) is 0.0400. The zero-order valence-electron chi connectivity index (χ0n) is 16.7. The third-order valence-corrected chi connectivity index (χ3v) is 6.00. The van der Waals surface area contributed by atoms with E-state index in [4.69, 9.17) is 0 Å². The summed E-state index contributed by atoms with van der Waals surface area (Å²) in [6.45, 7) is 0. The number of carbonyl (C=O) groups is 1. The number of thiazole rings is 1. The molecule has 0 bridgehead atoms. The van der Waals surface area contributed by atoms with Crippen molar-refractivity contribution in [2.24, 2.45) is 7.05 Å². The highest BCUT2D eigenvalue weighted by Crippen LogP contribution is 2.33. The van der Waals surface area contributed by atoms with Crippen molar-refractivity contribution in [1.29, 1.82) is 0 Å². The lowest BCUT2D eigenvalue weighted by Gasteiger charge is -2.00. The fourth-order valence-corrected chi connectivity index (χ4v) is 4.41. The van der Waals surface area contributed by atoms with E-state index in [1.807, 2.05) is 17.5 Å². The smallest absolute Gasteiger partial charge is 0.250 e. The number of nitrogens with one attached hydrogen (secondary N) is 1. The Morgan fingerprint density at radius 3 is 2.65 bits per heavy atom. The summed E-state index contributed by atoms with van der Waals surface area (Å²) < 4.78 is 15.2. The van der Waals surface area contributed by atoms with Crippen molar-refractivity contribution in [2.75, 3.05) is 5.32 Å². The van der Waals surface area contributed by atoms with Gasteiger partial charge in [0.2, 0.25) is 5.91 Å². The van der Waals surface area contributed by atoms with Gasteiger partial charge in [-0.2, -0.15) is 0 Å². The first kappa shape index (κ1) is 19.2. The molecule has 0 saturated carbocycles. The topological polar surface area (TPSA) is 46.9 Å². The molecule has 152 valence electrons. The van der Waals surface area contributed by atoms with Crippen LogP contribution in [-0.2, 0) is 11.8 Å². The molecule has 5 rings (SSSR count). The van der Waals surface area contributed by atoms with Crippen LogP contribution in [0.1, 0.15) is 5.56 Å². The molecule has 5 aromatic rings. The molecule has 4 nitrogen and oxygen atoms in total. The average molecular weight is 428 g/mol. The largest absolute Gasteiger partial charge is 0.344 e. The Balaban J connectivity index is 1.37. The second kappa shape index (κ2) is 7.81. The Kier molecular flexibility index (Phi) is 4.84. The third-order valence-electron chi connectivity index (χ3n) is 5.24. The number of benzene rings is 3. The van der Waals surface area contributed by atoms with Crippen LogP contribution in [0.15, 0.2) is 78.2 Å². The lowest BCUT2D eigenvalue weighted by atomic mass is 10.1. The number of amides is 1. The van der Waals surface area contributed by atoms with Crippen molar-refractivity contribution in [3.63, 3.8) is 0 Å². The zero-order chi connectivity index (χ0) is 21.4. The van der Waals surface area contributed by atoms with E-state index < -0.39 is 0 Å². The van der Waals surface area contributed by atoms with Gasteiger partial charge in [-0.1, -0.05) is 36.4 Å². The van der Waals surface area contributed by atoms with Crippen molar-refractivity contribution >= 4 is 50.3 Å². The van der Waals surface area contributed by atoms with E-state index in [1.54, 1.807) is 18.2 Å². The summed E-state index contributed by atoms with van der Waals surface area (Å²) >= 11 is 1.38. The number of anilines is 1. The minimum absolute atomic E-state index is 0.283. The van der Waals surface area contributed by atoms with Crippen molar-refractivity contribution in [3.05, 3.63) is 89.6 Å². The van der Waals surface area contributed by atoms with E-state index in [1.165, 1.54) is 51.4 Å². The first-order valence-corrected chi connectivity index (χ1v) is 10.6. The van der Waals surface area contributed by atoms with Gasteiger partial charge in [-0.25, -0.2) is 9.37 Å². The van der Waals surface area contributed by atoms with Crippen molar-refractivity contribution in [1.82, 2.24) is 9.55 Å². The molecule has 3 aromatic carbocycles. The van der Waals surface area contributed by atoms with Gasteiger partial charge in [-0.05, 0) is 42.0 Å². The Morgan fingerprint density at radius 1 is 1.03 bits per heavy atom. The van der Waals surface area contributed by atoms with Crippen LogP contribution in [0.5, 0.6) is 0 Å². The lowest BCUT2D eigenvalue weighted by Crippen LogP contribution is -2.07. The second-order valence-electron chi connectivity index (χ2n) is 7.22. The van der Waals surface area contributed by atoms with Crippen molar-refractivity contribution in [3.8, 4) is 11.3 Å². The van der Waals surface area contributed by atoms with E-state index in [-0.39, 0.29) is 11.7 Å². The van der Waals surface area contributed by atoms with Gasteiger partial charge < -0.3 is 4.57 Å². The van der Waals surface area contributed by atoms with Crippen LogP contribution in [0.3, 0.4) is 0 Å². The normalized spacial score (nSPS) is 11.5.